The van der Waals surface area contributed by atoms with Gasteiger partial charge < -0.3 is 14.1 Å². The van der Waals surface area contributed by atoms with Crippen molar-refractivity contribution in [3.8, 4) is 0 Å². The summed E-state index contributed by atoms with van der Waals surface area (Å²) < 4.78 is 10.6. The topological polar surface area (TPSA) is 72.6 Å². The van der Waals surface area contributed by atoms with Crippen molar-refractivity contribution in [3.05, 3.63) is 17.3 Å². The van der Waals surface area contributed by atoms with E-state index in [9.17, 15) is 9.59 Å². The number of esters is 1. The normalized spacial score (nSPS) is 21.2. The predicted molar refractivity (Wildman–Crippen MR) is 80.5 cm³/mol. The molecule has 0 N–H and O–H groups in total. The van der Waals surface area contributed by atoms with Gasteiger partial charge in [0.2, 0.25) is 0 Å². The van der Waals surface area contributed by atoms with Gasteiger partial charge in [-0.25, -0.2) is 9.78 Å². The maximum Gasteiger partial charge on any atom is 0.332 e. The van der Waals surface area contributed by atoms with Gasteiger partial charge in [0.25, 0.3) is 5.91 Å². The Morgan fingerprint density at radius 3 is 2.64 bits per heavy atom. The molecule has 1 aliphatic heterocycles. The van der Waals surface area contributed by atoms with E-state index in [2.05, 4.69) is 4.98 Å². The van der Waals surface area contributed by atoms with Crippen LogP contribution >= 0.6 is 0 Å². The van der Waals surface area contributed by atoms with Crippen LogP contribution < -0.4 is 0 Å². The third-order valence-corrected chi connectivity index (χ3v) is 4.16. The van der Waals surface area contributed by atoms with Gasteiger partial charge in [0, 0.05) is 13.5 Å². The van der Waals surface area contributed by atoms with E-state index in [1.165, 1.54) is 0 Å². The predicted octanol–water partition coefficient (Wildman–Crippen LogP) is 2.63. The van der Waals surface area contributed by atoms with Crippen LogP contribution in [0.1, 0.15) is 61.7 Å². The molecule has 1 aromatic rings. The SMILES string of the molecule is CCC[C@]1(C(=O)OCC)CCCN1C(=O)c1nc(C)oc1C. The molecule has 0 aliphatic carbocycles. The molecule has 6 nitrogen and oxygen atoms in total. The molecule has 2 rings (SSSR count). The number of amides is 1. The summed E-state index contributed by atoms with van der Waals surface area (Å²) in [5.74, 6) is 0.398. The molecule has 0 bridgehead atoms. The van der Waals surface area contributed by atoms with Crippen molar-refractivity contribution in [2.45, 2.75) is 58.9 Å². The number of rotatable bonds is 5. The number of oxazole rings is 1. The summed E-state index contributed by atoms with van der Waals surface area (Å²) in [6, 6.07) is 0. The lowest BCUT2D eigenvalue weighted by Gasteiger charge is -2.35. The van der Waals surface area contributed by atoms with Gasteiger partial charge in [0.15, 0.2) is 11.6 Å². The van der Waals surface area contributed by atoms with E-state index in [1.807, 2.05) is 6.92 Å². The third-order valence-electron chi connectivity index (χ3n) is 4.16. The summed E-state index contributed by atoms with van der Waals surface area (Å²) in [5.41, 5.74) is -0.564. The summed E-state index contributed by atoms with van der Waals surface area (Å²) in [7, 11) is 0. The lowest BCUT2D eigenvalue weighted by atomic mass is 9.90. The van der Waals surface area contributed by atoms with E-state index in [4.69, 9.17) is 9.15 Å². The zero-order valence-corrected chi connectivity index (χ0v) is 13.8. The van der Waals surface area contributed by atoms with Crippen LogP contribution in [0.15, 0.2) is 4.42 Å². The first kappa shape index (κ1) is 16.5. The number of hydrogen-bond donors (Lipinski definition) is 0. The smallest absolute Gasteiger partial charge is 0.332 e. The van der Waals surface area contributed by atoms with Crippen LogP contribution in [-0.4, -0.2) is 40.5 Å². The highest BCUT2D eigenvalue weighted by Crippen LogP contribution is 2.36. The molecular weight excluding hydrogens is 284 g/mol. The number of hydrogen-bond acceptors (Lipinski definition) is 5. The Balaban J connectivity index is 2.36. The molecule has 122 valence electrons. The summed E-state index contributed by atoms with van der Waals surface area (Å²) >= 11 is 0. The number of aromatic nitrogens is 1. The highest BCUT2D eigenvalue weighted by atomic mass is 16.5. The minimum absolute atomic E-state index is 0.242. The molecule has 1 atom stereocenters. The third kappa shape index (κ3) is 2.74. The van der Waals surface area contributed by atoms with Crippen molar-refractivity contribution in [1.82, 2.24) is 9.88 Å². The molecule has 1 aliphatic rings. The van der Waals surface area contributed by atoms with Crippen molar-refractivity contribution in [3.63, 3.8) is 0 Å². The van der Waals surface area contributed by atoms with Crippen LogP contribution in [0.5, 0.6) is 0 Å². The molecule has 2 heterocycles. The molecule has 0 saturated carbocycles. The quantitative estimate of drug-likeness (QED) is 0.782. The fourth-order valence-corrected chi connectivity index (χ4v) is 3.28. The molecule has 1 amide bonds. The maximum atomic E-state index is 12.9. The molecule has 0 unspecified atom stereocenters. The summed E-state index contributed by atoms with van der Waals surface area (Å²) in [4.78, 5) is 31.2. The minimum Gasteiger partial charge on any atom is -0.464 e. The molecule has 1 fully saturated rings. The van der Waals surface area contributed by atoms with E-state index in [1.54, 1.807) is 25.7 Å². The fourth-order valence-electron chi connectivity index (χ4n) is 3.28. The van der Waals surface area contributed by atoms with Gasteiger partial charge in [-0.3, -0.25) is 4.79 Å². The standard InChI is InChI=1S/C16H24N2O4/c1-5-8-16(15(20)21-6-2)9-7-10-18(16)14(19)13-11(3)22-12(4)17-13/h5-10H2,1-4H3/t16-/m1/s1. The largest absolute Gasteiger partial charge is 0.464 e. The van der Waals surface area contributed by atoms with Crippen molar-refractivity contribution >= 4 is 11.9 Å². The number of carbonyl (C=O) groups excluding carboxylic acids is 2. The number of carbonyl (C=O) groups is 2. The highest BCUT2D eigenvalue weighted by Gasteiger charge is 2.50. The second-order valence-corrected chi connectivity index (χ2v) is 5.70. The Labute approximate surface area is 130 Å². The van der Waals surface area contributed by atoms with Crippen molar-refractivity contribution < 1.29 is 18.7 Å². The molecule has 0 spiro atoms. The van der Waals surface area contributed by atoms with E-state index in [-0.39, 0.29) is 11.9 Å². The van der Waals surface area contributed by atoms with E-state index < -0.39 is 5.54 Å². The first-order chi connectivity index (χ1) is 10.5. The Kier molecular flexibility index (Phi) is 4.88. The second kappa shape index (κ2) is 6.50. The first-order valence-corrected chi connectivity index (χ1v) is 7.89. The molecule has 0 radical (unpaired) electrons. The van der Waals surface area contributed by atoms with Gasteiger partial charge >= 0.3 is 5.97 Å². The molecule has 1 saturated heterocycles. The van der Waals surface area contributed by atoms with E-state index in [0.717, 1.165) is 12.8 Å². The average Bonchev–Trinajstić information content (AvgIpc) is 3.03. The van der Waals surface area contributed by atoms with Gasteiger partial charge in [0.1, 0.15) is 11.3 Å². The van der Waals surface area contributed by atoms with Gasteiger partial charge in [-0.15, -0.1) is 0 Å². The number of nitrogens with zero attached hydrogens (tertiary/aromatic N) is 2. The Hall–Kier alpha value is -1.85. The zero-order chi connectivity index (χ0) is 16.3. The van der Waals surface area contributed by atoms with Crippen molar-refractivity contribution in [2.75, 3.05) is 13.2 Å². The summed E-state index contributed by atoms with van der Waals surface area (Å²) in [6.45, 7) is 8.07. The zero-order valence-electron chi connectivity index (χ0n) is 13.8. The van der Waals surface area contributed by atoms with E-state index in [0.29, 0.717) is 43.3 Å². The fraction of sp³-hybridized carbons (Fsp3) is 0.688. The van der Waals surface area contributed by atoms with Gasteiger partial charge in [-0.2, -0.15) is 0 Å². The maximum absolute atomic E-state index is 12.9. The Morgan fingerprint density at radius 1 is 1.36 bits per heavy atom. The van der Waals surface area contributed by atoms with Crippen molar-refractivity contribution in [1.29, 1.82) is 0 Å². The Bertz CT molecular complexity index is 566. The van der Waals surface area contributed by atoms with Gasteiger partial charge in [-0.05, 0) is 33.1 Å². The number of ether oxygens (including phenoxy) is 1. The Morgan fingerprint density at radius 2 is 2.09 bits per heavy atom. The lowest BCUT2D eigenvalue weighted by molar-refractivity contribution is -0.155. The molecule has 6 heteroatoms. The van der Waals surface area contributed by atoms with Gasteiger partial charge in [0.05, 0.1) is 6.61 Å². The monoisotopic (exact) mass is 308 g/mol. The summed E-state index contributed by atoms with van der Waals surface area (Å²) in [5, 5.41) is 0. The number of likely N-dealkylation sites (tertiary alicyclic amines) is 1. The van der Waals surface area contributed by atoms with Crippen LogP contribution in [0.3, 0.4) is 0 Å². The molecule has 0 aromatic carbocycles. The molecule has 1 aromatic heterocycles. The van der Waals surface area contributed by atoms with Crippen LogP contribution in [0.2, 0.25) is 0 Å². The molecular formula is C16H24N2O4. The highest BCUT2D eigenvalue weighted by molar-refractivity contribution is 5.98. The van der Waals surface area contributed by atoms with Crippen LogP contribution in [0.25, 0.3) is 0 Å². The van der Waals surface area contributed by atoms with Gasteiger partial charge in [-0.1, -0.05) is 13.3 Å². The van der Waals surface area contributed by atoms with Crippen molar-refractivity contribution in [2.24, 2.45) is 0 Å². The van der Waals surface area contributed by atoms with E-state index >= 15 is 0 Å². The van der Waals surface area contributed by atoms with Crippen LogP contribution in [-0.2, 0) is 9.53 Å². The average molecular weight is 308 g/mol. The molecule has 22 heavy (non-hydrogen) atoms. The lowest BCUT2D eigenvalue weighted by Crippen LogP contribution is -2.54. The number of aryl methyl sites for hydroxylation is 2. The summed E-state index contributed by atoms with van der Waals surface area (Å²) in [6.07, 6.45) is 2.84. The first-order valence-electron chi connectivity index (χ1n) is 7.89. The van der Waals surface area contributed by atoms with Crippen LogP contribution in [0, 0.1) is 13.8 Å². The minimum atomic E-state index is -0.860. The van der Waals surface area contributed by atoms with Crippen LogP contribution in [0.4, 0.5) is 0 Å². The second-order valence-electron chi connectivity index (χ2n) is 5.70.